The summed E-state index contributed by atoms with van der Waals surface area (Å²) in [5.41, 5.74) is 0.0521. The number of nitrogens with one attached hydrogen (secondary N) is 2. The molecule has 2 amide bonds. The van der Waals surface area contributed by atoms with Crippen LogP contribution in [0.1, 0.15) is 23.7 Å². The number of allylic oxidation sites excluding steroid dienone is 1. The van der Waals surface area contributed by atoms with Crippen LogP contribution in [0.4, 0.5) is 10.5 Å². The molecule has 0 bridgehead atoms. The summed E-state index contributed by atoms with van der Waals surface area (Å²) in [5.74, 6) is -1.19. The number of aromatic carboxylic acids is 1. The number of hydrogen-bond donors (Lipinski definition) is 3. The third kappa shape index (κ3) is 4.63. The molecule has 1 rings (SSSR count). The van der Waals surface area contributed by atoms with Crippen molar-refractivity contribution >= 4 is 29.3 Å². The second-order valence-electron chi connectivity index (χ2n) is 3.71. The van der Waals surface area contributed by atoms with E-state index < -0.39 is 12.0 Å². The molecule has 0 spiro atoms. The van der Waals surface area contributed by atoms with Gasteiger partial charge in [-0.05, 0) is 25.5 Å². The Labute approximate surface area is 116 Å². The Kier molecular flexibility index (Phi) is 5.89. The van der Waals surface area contributed by atoms with E-state index in [0.29, 0.717) is 13.0 Å². The molecule has 1 aromatic carbocycles. The number of rotatable bonds is 5. The van der Waals surface area contributed by atoms with Crippen molar-refractivity contribution in [3.8, 4) is 0 Å². The SMILES string of the molecule is C/C=C/CCNC(=O)Nc1cccc(Cl)c1C(=O)O. The van der Waals surface area contributed by atoms with Crippen molar-refractivity contribution in [2.45, 2.75) is 13.3 Å². The standard InChI is InChI=1S/C13H15ClN2O3/c1-2-3-4-8-15-13(19)16-10-7-5-6-9(14)11(10)12(17)18/h2-3,5-7H,4,8H2,1H3,(H,17,18)(H2,15,16,19)/b3-2+. The molecule has 0 fully saturated rings. The zero-order chi connectivity index (χ0) is 14.3. The van der Waals surface area contributed by atoms with Crippen molar-refractivity contribution in [2.75, 3.05) is 11.9 Å². The smallest absolute Gasteiger partial charge is 0.339 e. The fourth-order valence-corrected chi connectivity index (χ4v) is 1.70. The molecule has 5 nitrogen and oxygen atoms in total. The van der Waals surface area contributed by atoms with Crippen LogP contribution in [0.2, 0.25) is 5.02 Å². The zero-order valence-electron chi connectivity index (χ0n) is 10.4. The predicted octanol–water partition coefficient (Wildman–Crippen LogP) is 3.13. The van der Waals surface area contributed by atoms with E-state index >= 15 is 0 Å². The number of anilines is 1. The average Bonchev–Trinajstić information content (AvgIpc) is 2.34. The summed E-state index contributed by atoms with van der Waals surface area (Å²) in [7, 11) is 0. The van der Waals surface area contributed by atoms with Crippen molar-refractivity contribution in [3.63, 3.8) is 0 Å². The first-order chi connectivity index (χ1) is 9.06. The summed E-state index contributed by atoms with van der Waals surface area (Å²) in [4.78, 5) is 22.6. The molecular weight excluding hydrogens is 268 g/mol. The van der Waals surface area contributed by atoms with E-state index in [9.17, 15) is 9.59 Å². The van der Waals surface area contributed by atoms with E-state index in [1.54, 1.807) is 6.07 Å². The minimum Gasteiger partial charge on any atom is -0.478 e. The molecule has 0 saturated heterocycles. The van der Waals surface area contributed by atoms with E-state index in [-0.39, 0.29) is 16.3 Å². The lowest BCUT2D eigenvalue weighted by molar-refractivity contribution is 0.0698. The van der Waals surface area contributed by atoms with Gasteiger partial charge >= 0.3 is 12.0 Å². The number of carbonyl (C=O) groups excluding carboxylic acids is 1. The fraction of sp³-hybridized carbons (Fsp3) is 0.231. The average molecular weight is 283 g/mol. The minimum atomic E-state index is -1.19. The summed E-state index contributed by atoms with van der Waals surface area (Å²) >= 11 is 5.79. The van der Waals surface area contributed by atoms with Crippen LogP contribution in [0, 0.1) is 0 Å². The molecule has 0 aliphatic rings. The highest BCUT2D eigenvalue weighted by Gasteiger charge is 2.15. The molecule has 0 aromatic heterocycles. The lowest BCUT2D eigenvalue weighted by Crippen LogP contribution is -2.30. The third-order valence-electron chi connectivity index (χ3n) is 2.31. The van der Waals surface area contributed by atoms with Gasteiger partial charge in [0, 0.05) is 6.54 Å². The highest BCUT2D eigenvalue weighted by atomic mass is 35.5. The molecule has 19 heavy (non-hydrogen) atoms. The van der Waals surface area contributed by atoms with E-state index in [1.165, 1.54) is 12.1 Å². The van der Waals surface area contributed by atoms with Gasteiger partial charge in [0.05, 0.1) is 10.7 Å². The van der Waals surface area contributed by atoms with Crippen molar-refractivity contribution in [1.82, 2.24) is 5.32 Å². The molecule has 0 aliphatic carbocycles. The normalized spacial score (nSPS) is 10.4. The molecule has 0 saturated carbocycles. The quantitative estimate of drug-likeness (QED) is 0.573. The summed E-state index contributed by atoms with van der Waals surface area (Å²) in [5, 5.41) is 14.2. The Morgan fingerprint density at radius 1 is 1.42 bits per heavy atom. The minimum absolute atomic E-state index is 0.0826. The Hall–Kier alpha value is -2.01. The van der Waals surface area contributed by atoms with Gasteiger partial charge in [-0.25, -0.2) is 9.59 Å². The van der Waals surface area contributed by atoms with E-state index in [4.69, 9.17) is 16.7 Å². The molecule has 6 heteroatoms. The van der Waals surface area contributed by atoms with Crippen LogP contribution in [0.15, 0.2) is 30.4 Å². The van der Waals surface area contributed by atoms with Gasteiger partial charge in [-0.2, -0.15) is 0 Å². The first-order valence-electron chi connectivity index (χ1n) is 5.74. The van der Waals surface area contributed by atoms with Gasteiger partial charge in [0.25, 0.3) is 0 Å². The van der Waals surface area contributed by atoms with Crippen molar-refractivity contribution < 1.29 is 14.7 Å². The number of hydrogen-bond acceptors (Lipinski definition) is 2. The highest BCUT2D eigenvalue weighted by molar-refractivity contribution is 6.34. The molecule has 0 unspecified atom stereocenters. The Morgan fingerprint density at radius 2 is 2.16 bits per heavy atom. The monoisotopic (exact) mass is 282 g/mol. The van der Waals surface area contributed by atoms with Crippen LogP contribution in [-0.2, 0) is 0 Å². The number of benzene rings is 1. The molecule has 0 radical (unpaired) electrons. The maximum atomic E-state index is 11.6. The Bertz CT molecular complexity index is 501. The Balaban J connectivity index is 2.69. The fourth-order valence-electron chi connectivity index (χ4n) is 1.45. The lowest BCUT2D eigenvalue weighted by Gasteiger charge is -2.10. The number of carboxylic acid groups (broad SMARTS) is 1. The molecule has 0 heterocycles. The summed E-state index contributed by atoms with van der Waals surface area (Å²) < 4.78 is 0. The molecule has 102 valence electrons. The van der Waals surface area contributed by atoms with Gasteiger partial charge in [-0.15, -0.1) is 0 Å². The maximum absolute atomic E-state index is 11.6. The topological polar surface area (TPSA) is 78.4 Å². The molecule has 0 aliphatic heterocycles. The van der Waals surface area contributed by atoms with Crippen molar-refractivity contribution in [3.05, 3.63) is 40.9 Å². The molecule has 0 atom stereocenters. The number of carbonyl (C=O) groups is 2. The molecule has 3 N–H and O–H groups in total. The number of urea groups is 1. The van der Waals surface area contributed by atoms with Crippen molar-refractivity contribution in [1.29, 1.82) is 0 Å². The predicted molar refractivity (Wildman–Crippen MR) is 74.9 cm³/mol. The van der Waals surface area contributed by atoms with E-state index in [0.717, 1.165) is 0 Å². The number of halogens is 1. The summed E-state index contributed by atoms with van der Waals surface area (Å²) in [6.45, 7) is 2.37. The first-order valence-corrected chi connectivity index (χ1v) is 6.12. The van der Waals surface area contributed by atoms with Gasteiger partial charge in [-0.1, -0.05) is 29.8 Å². The van der Waals surface area contributed by atoms with Crippen LogP contribution in [0.25, 0.3) is 0 Å². The van der Waals surface area contributed by atoms with Gasteiger partial charge in [0.2, 0.25) is 0 Å². The van der Waals surface area contributed by atoms with Crippen LogP contribution in [-0.4, -0.2) is 23.7 Å². The first kappa shape index (κ1) is 15.0. The van der Waals surface area contributed by atoms with Gasteiger partial charge in [0.15, 0.2) is 0 Å². The number of carboxylic acids is 1. The second kappa shape index (κ2) is 7.43. The van der Waals surface area contributed by atoms with Crippen LogP contribution in [0.5, 0.6) is 0 Å². The second-order valence-corrected chi connectivity index (χ2v) is 4.11. The third-order valence-corrected chi connectivity index (χ3v) is 2.62. The van der Waals surface area contributed by atoms with Crippen molar-refractivity contribution in [2.24, 2.45) is 0 Å². The Morgan fingerprint density at radius 3 is 2.79 bits per heavy atom. The van der Waals surface area contributed by atoms with E-state index in [2.05, 4.69) is 10.6 Å². The zero-order valence-corrected chi connectivity index (χ0v) is 11.2. The summed E-state index contributed by atoms with van der Waals surface area (Å²) in [6, 6.07) is 4.06. The van der Waals surface area contributed by atoms with E-state index in [1.807, 2.05) is 19.1 Å². The van der Waals surface area contributed by atoms with Crippen LogP contribution < -0.4 is 10.6 Å². The van der Waals surface area contributed by atoms with Gasteiger partial charge in [0.1, 0.15) is 5.56 Å². The summed E-state index contributed by atoms with van der Waals surface area (Å²) in [6.07, 6.45) is 4.52. The van der Waals surface area contributed by atoms with Crippen LogP contribution in [0.3, 0.4) is 0 Å². The van der Waals surface area contributed by atoms with Gasteiger partial charge in [-0.3, -0.25) is 0 Å². The molecule has 1 aromatic rings. The number of amides is 2. The van der Waals surface area contributed by atoms with Gasteiger partial charge < -0.3 is 15.7 Å². The largest absolute Gasteiger partial charge is 0.478 e. The van der Waals surface area contributed by atoms with Crippen LogP contribution >= 0.6 is 11.6 Å². The lowest BCUT2D eigenvalue weighted by atomic mass is 10.2. The highest BCUT2D eigenvalue weighted by Crippen LogP contribution is 2.24. The molecular formula is C13H15ClN2O3. The maximum Gasteiger partial charge on any atom is 0.339 e.